The number of hydrogen-bond donors (Lipinski definition) is 1. The molecule has 0 spiro atoms. The first-order chi connectivity index (χ1) is 18.8. The summed E-state index contributed by atoms with van der Waals surface area (Å²) in [5.74, 6) is 0.152. The van der Waals surface area contributed by atoms with Gasteiger partial charge in [0.1, 0.15) is 4.32 Å². The molecule has 202 valence electrons. The Kier molecular flexibility index (Phi) is 9.67. The van der Waals surface area contributed by atoms with E-state index < -0.39 is 0 Å². The number of thioether (sulfide) groups is 1. The van der Waals surface area contributed by atoms with Gasteiger partial charge in [0.05, 0.1) is 22.6 Å². The summed E-state index contributed by atoms with van der Waals surface area (Å²) in [5.41, 5.74) is 3.53. The molecule has 1 heterocycles. The lowest BCUT2D eigenvalue weighted by Crippen LogP contribution is -2.30. The summed E-state index contributed by atoms with van der Waals surface area (Å²) in [7, 11) is 0. The topological polar surface area (TPSA) is 67.9 Å². The van der Waals surface area contributed by atoms with E-state index in [-0.39, 0.29) is 35.2 Å². The largest absolute Gasteiger partial charge is 0.490 e. The van der Waals surface area contributed by atoms with Crippen LogP contribution in [0.3, 0.4) is 0 Å². The van der Waals surface area contributed by atoms with Crippen molar-refractivity contribution in [2.45, 2.75) is 33.2 Å². The van der Waals surface area contributed by atoms with Gasteiger partial charge in [-0.1, -0.05) is 85.0 Å². The lowest BCUT2D eigenvalue weighted by molar-refractivity contribution is -0.123. The molecule has 0 bridgehead atoms. The molecule has 39 heavy (non-hydrogen) atoms. The first-order valence-corrected chi connectivity index (χ1v) is 14.2. The highest BCUT2D eigenvalue weighted by molar-refractivity contribution is 8.26. The number of anilines is 1. The van der Waals surface area contributed by atoms with Gasteiger partial charge in [-0.25, -0.2) is 0 Å². The van der Waals surface area contributed by atoms with Gasteiger partial charge in [0.2, 0.25) is 0 Å². The number of nitrogens with one attached hydrogen (secondary N) is 1. The Labute approximate surface area is 243 Å². The Morgan fingerprint density at radius 2 is 1.82 bits per heavy atom. The molecule has 1 saturated heterocycles. The SMILES string of the molecule is CCOc1cc(/C=C2\SC(=S)N([C@H](C)c3ccccc3)C2=O)cc(Cl)c1OCC(=O)Nc1ccc(CC)cc1. The molecule has 0 saturated carbocycles. The summed E-state index contributed by atoms with van der Waals surface area (Å²) in [6, 6.07) is 20.6. The maximum atomic E-state index is 13.3. The number of nitrogens with zero attached hydrogens (tertiary/aromatic N) is 1. The zero-order chi connectivity index (χ0) is 27.9. The molecule has 1 aliphatic rings. The number of halogens is 1. The molecule has 3 aromatic rings. The van der Waals surface area contributed by atoms with Gasteiger partial charge >= 0.3 is 0 Å². The fraction of sp³-hybridized carbons (Fsp3) is 0.233. The third-order valence-electron chi connectivity index (χ3n) is 6.12. The Hall–Kier alpha value is -3.33. The van der Waals surface area contributed by atoms with Gasteiger partial charge in [-0.15, -0.1) is 0 Å². The number of carbonyl (C=O) groups excluding carboxylic acids is 2. The van der Waals surface area contributed by atoms with E-state index in [9.17, 15) is 9.59 Å². The molecule has 0 radical (unpaired) electrons. The minimum Gasteiger partial charge on any atom is -0.490 e. The summed E-state index contributed by atoms with van der Waals surface area (Å²) >= 11 is 13.3. The zero-order valence-electron chi connectivity index (χ0n) is 21.9. The van der Waals surface area contributed by atoms with Crippen molar-refractivity contribution in [1.82, 2.24) is 4.90 Å². The number of benzene rings is 3. The molecule has 1 fully saturated rings. The molecular weight excluding hydrogens is 552 g/mol. The second kappa shape index (κ2) is 13.2. The number of aryl methyl sites for hydroxylation is 1. The van der Waals surface area contributed by atoms with E-state index in [1.54, 1.807) is 23.1 Å². The zero-order valence-corrected chi connectivity index (χ0v) is 24.3. The highest BCUT2D eigenvalue weighted by Crippen LogP contribution is 2.41. The number of hydrogen-bond acceptors (Lipinski definition) is 6. The molecule has 1 atom stereocenters. The van der Waals surface area contributed by atoms with Crippen LogP contribution >= 0.6 is 35.6 Å². The lowest BCUT2D eigenvalue weighted by atomic mass is 10.1. The standard InChI is InChI=1S/C30H29ClN2O4S2/c1-4-20-11-13-23(14-12-20)32-27(34)18-37-28-24(31)15-21(16-25(28)36-5-2)17-26-29(35)33(30(38)39-26)19(3)22-9-7-6-8-10-22/h6-17,19H,4-5,18H2,1-3H3,(H,32,34)/b26-17-/t19-/m1/s1. The summed E-state index contributed by atoms with van der Waals surface area (Å²) < 4.78 is 12.0. The average Bonchev–Trinajstić information content (AvgIpc) is 3.21. The Morgan fingerprint density at radius 3 is 2.49 bits per heavy atom. The van der Waals surface area contributed by atoms with Crippen molar-refractivity contribution in [3.63, 3.8) is 0 Å². The van der Waals surface area contributed by atoms with Crippen LogP contribution in [0.25, 0.3) is 6.08 Å². The van der Waals surface area contributed by atoms with E-state index in [2.05, 4.69) is 12.2 Å². The fourth-order valence-corrected chi connectivity index (χ4v) is 5.77. The number of thiocarbonyl (C=S) groups is 1. The molecule has 0 aromatic heterocycles. The highest BCUT2D eigenvalue weighted by Gasteiger charge is 2.36. The third-order valence-corrected chi connectivity index (χ3v) is 7.73. The molecule has 4 rings (SSSR count). The summed E-state index contributed by atoms with van der Waals surface area (Å²) in [4.78, 5) is 27.9. The molecule has 1 N–H and O–H groups in total. The first-order valence-electron chi connectivity index (χ1n) is 12.6. The normalized spacial score (nSPS) is 15.0. The van der Waals surface area contributed by atoms with Crippen molar-refractivity contribution >= 4 is 63.5 Å². The number of ether oxygens (including phenoxy) is 2. The van der Waals surface area contributed by atoms with E-state index in [0.717, 1.165) is 12.0 Å². The van der Waals surface area contributed by atoms with Crippen molar-refractivity contribution in [3.05, 3.63) is 93.3 Å². The van der Waals surface area contributed by atoms with Crippen LogP contribution in [0.2, 0.25) is 5.02 Å². The van der Waals surface area contributed by atoms with E-state index in [4.69, 9.17) is 33.3 Å². The fourth-order valence-electron chi connectivity index (χ4n) is 4.08. The minimum atomic E-state index is -0.321. The quantitative estimate of drug-likeness (QED) is 0.201. The number of amides is 2. The smallest absolute Gasteiger partial charge is 0.266 e. The Bertz CT molecular complexity index is 1390. The van der Waals surface area contributed by atoms with Gasteiger partial charge in [-0.2, -0.15) is 0 Å². The predicted molar refractivity (Wildman–Crippen MR) is 162 cm³/mol. The monoisotopic (exact) mass is 580 g/mol. The third kappa shape index (κ3) is 7.01. The second-order valence-electron chi connectivity index (χ2n) is 8.79. The number of rotatable bonds is 10. The average molecular weight is 581 g/mol. The van der Waals surface area contributed by atoms with Gasteiger partial charge in [-0.05, 0) is 67.3 Å². The van der Waals surface area contributed by atoms with Crippen LogP contribution in [0.4, 0.5) is 5.69 Å². The van der Waals surface area contributed by atoms with Crippen molar-refractivity contribution in [2.75, 3.05) is 18.5 Å². The van der Waals surface area contributed by atoms with Crippen LogP contribution in [0, 0.1) is 0 Å². The minimum absolute atomic E-state index is 0.167. The van der Waals surface area contributed by atoms with Gasteiger partial charge < -0.3 is 14.8 Å². The van der Waals surface area contributed by atoms with Crippen molar-refractivity contribution < 1.29 is 19.1 Å². The summed E-state index contributed by atoms with van der Waals surface area (Å²) in [5, 5.41) is 3.08. The molecule has 0 aliphatic carbocycles. The van der Waals surface area contributed by atoms with Gasteiger partial charge in [0.15, 0.2) is 18.1 Å². The molecule has 3 aromatic carbocycles. The van der Waals surface area contributed by atoms with Gasteiger partial charge in [0, 0.05) is 5.69 Å². The van der Waals surface area contributed by atoms with E-state index >= 15 is 0 Å². The summed E-state index contributed by atoms with van der Waals surface area (Å²) in [6.45, 7) is 5.99. The maximum Gasteiger partial charge on any atom is 0.266 e. The lowest BCUT2D eigenvalue weighted by Gasteiger charge is -2.23. The Balaban J connectivity index is 1.49. The summed E-state index contributed by atoms with van der Waals surface area (Å²) in [6.07, 6.45) is 2.66. The van der Waals surface area contributed by atoms with E-state index in [1.165, 1.54) is 17.3 Å². The second-order valence-corrected chi connectivity index (χ2v) is 10.9. The maximum absolute atomic E-state index is 13.3. The van der Waals surface area contributed by atoms with Crippen LogP contribution in [0.15, 0.2) is 71.6 Å². The van der Waals surface area contributed by atoms with Crippen LogP contribution in [0.5, 0.6) is 11.5 Å². The van der Waals surface area contributed by atoms with E-state index in [1.807, 2.05) is 68.4 Å². The van der Waals surface area contributed by atoms with Crippen LogP contribution in [-0.2, 0) is 16.0 Å². The molecule has 0 unspecified atom stereocenters. The van der Waals surface area contributed by atoms with Crippen LogP contribution < -0.4 is 14.8 Å². The van der Waals surface area contributed by atoms with E-state index in [0.29, 0.717) is 32.8 Å². The predicted octanol–water partition coefficient (Wildman–Crippen LogP) is 7.28. The molecule has 1 aliphatic heterocycles. The molecule has 9 heteroatoms. The van der Waals surface area contributed by atoms with Crippen molar-refractivity contribution in [3.8, 4) is 11.5 Å². The first kappa shape index (κ1) is 28.7. The van der Waals surface area contributed by atoms with Crippen LogP contribution in [-0.4, -0.2) is 34.2 Å². The highest BCUT2D eigenvalue weighted by atomic mass is 35.5. The van der Waals surface area contributed by atoms with Crippen molar-refractivity contribution in [2.24, 2.45) is 0 Å². The van der Waals surface area contributed by atoms with Crippen LogP contribution in [0.1, 0.15) is 43.5 Å². The van der Waals surface area contributed by atoms with Crippen molar-refractivity contribution in [1.29, 1.82) is 0 Å². The van der Waals surface area contributed by atoms with Gasteiger partial charge in [0.25, 0.3) is 11.8 Å². The molecule has 6 nitrogen and oxygen atoms in total. The Morgan fingerprint density at radius 1 is 1.10 bits per heavy atom. The molecular formula is C30H29ClN2O4S2. The molecule has 2 amide bonds. The number of carbonyl (C=O) groups is 2. The van der Waals surface area contributed by atoms with Gasteiger partial charge in [-0.3, -0.25) is 14.5 Å².